The van der Waals surface area contributed by atoms with Gasteiger partial charge in [-0.05, 0) is 12.1 Å². The number of aryl methyl sites for hydroxylation is 1. The molecule has 0 fully saturated rings. The molecule has 0 amide bonds. The second kappa shape index (κ2) is 5.65. The first-order valence-electron chi connectivity index (χ1n) is 6.21. The molecule has 0 radical (unpaired) electrons. The van der Waals surface area contributed by atoms with Gasteiger partial charge in [-0.2, -0.15) is 0 Å². The summed E-state index contributed by atoms with van der Waals surface area (Å²) >= 11 is 1.41. The van der Waals surface area contributed by atoms with Gasteiger partial charge in [-0.25, -0.2) is 4.39 Å². The van der Waals surface area contributed by atoms with Crippen LogP contribution in [0.25, 0.3) is 11.4 Å². The third kappa shape index (κ3) is 2.80. The second-order valence-electron chi connectivity index (χ2n) is 4.35. The van der Waals surface area contributed by atoms with Crippen LogP contribution < -0.4 is 0 Å². The topological polar surface area (TPSA) is 69.6 Å². The van der Waals surface area contributed by atoms with Crippen molar-refractivity contribution in [1.29, 1.82) is 0 Å². The molecule has 0 atom stereocenters. The van der Waals surface area contributed by atoms with E-state index >= 15 is 0 Å². The van der Waals surface area contributed by atoms with Gasteiger partial charge in [-0.3, -0.25) is 0 Å². The van der Waals surface area contributed by atoms with E-state index in [1.54, 1.807) is 36.7 Å². The molecule has 0 saturated heterocycles. The largest absolute Gasteiger partial charge is 0.425 e. The summed E-state index contributed by atoms with van der Waals surface area (Å²) in [5.74, 6) is 1.70. The lowest BCUT2D eigenvalue weighted by Crippen LogP contribution is -1.96. The van der Waals surface area contributed by atoms with Gasteiger partial charge in [0.15, 0.2) is 11.0 Å². The lowest BCUT2D eigenvalue weighted by atomic mass is 10.2. The van der Waals surface area contributed by atoms with E-state index in [0.717, 1.165) is 0 Å². The Morgan fingerprint density at radius 1 is 1.19 bits per heavy atom. The summed E-state index contributed by atoms with van der Waals surface area (Å²) in [5.41, 5.74) is 0.424. The molecule has 3 rings (SSSR count). The molecule has 0 saturated carbocycles. The van der Waals surface area contributed by atoms with Gasteiger partial charge in [0.1, 0.15) is 5.82 Å². The van der Waals surface area contributed by atoms with Crippen LogP contribution in [0.1, 0.15) is 11.8 Å². The van der Waals surface area contributed by atoms with Crippen LogP contribution in [-0.4, -0.2) is 25.0 Å². The summed E-state index contributed by atoms with van der Waals surface area (Å²) in [4.78, 5) is 0. The first-order valence-corrected chi connectivity index (χ1v) is 7.20. The van der Waals surface area contributed by atoms with Crippen molar-refractivity contribution in [3.05, 3.63) is 41.9 Å². The fourth-order valence-corrected chi connectivity index (χ4v) is 2.59. The minimum Gasteiger partial charge on any atom is -0.425 e. The standard InChI is InChI=1S/C13H12FN5OS/c1-8-15-16-11(20-8)7-21-13-18-17-12(19(13)2)9-5-3-4-6-10(9)14/h3-6H,7H2,1-2H3. The van der Waals surface area contributed by atoms with E-state index in [0.29, 0.717) is 34.1 Å². The molecular weight excluding hydrogens is 293 g/mol. The predicted octanol–water partition coefficient (Wildman–Crippen LogP) is 2.60. The zero-order valence-electron chi connectivity index (χ0n) is 11.4. The molecule has 0 aliphatic heterocycles. The van der Waals surface area contributed by atoms with Crippen LogP contribution in [0.2, 0.25) is 0 Å². The van der Waals surface area contributed by atoms with Crippen LogP contribution in [0.15, 0.2) is 33.8 Å². The van der Waals surface area contributed by atoms with E-state index in [2.05, 4.69) is 20.4 Å². The van der Waals surface area contributed by atoms with Gasteiger partial charge >= 0.3 is 0 Å². The van der Waals surface area contributed by atoms with Crippen LogP contribution in [-0.2, 0) is 12.8 Å². The van der Waals surface area contributed by atoms with Crippen LogP contribution in [0, 0.1) is 12.7 Å². The van der Waals surface area contributed by atoms with Crippen molar-refractivity contribution in [3.8, 4) is 11.4 Å². The number of thioether (sulfide) groups is 1. The Morgan fingerprint density at radius 3 is 2.71 bits per heavy atom. The average Bonchev–Trinajstić information content (AvgIpc) is 3.04. The third-order valence-corrected chi connectivity index (χ3v) is 3.85. The molecule has 0 bridgehead atoms. The number of hydrogen-bond donors (Lipinski definition) is 0. The summed E-state index contributed by atoms with van der Waals surface area (Å²) in [6.45, 7) is 1.74. The van der Waals surface area contributed by atoms with Gasteiger partial charge in [0, 0.05) is 14.0 Å². The van der Waals surface area contributed by atoms with Gasteiger partial charge < -0.3 is 8.98 Å². The van der Waals surface area contributed by atoms with Crippen molar-refractivity contribution in [1.82, 2.24) is 25.0 Å². The first kappa shape index (κ1) is 13.7. The van der Waals surface area contributed by atoms with Crippen molar-refractivity contribution in [3.63, 3.8) is 0 Å². The van der Waals surface area contributed by atoms with Gasteiger partial charge in [0.2, 0.25) is 11.8 Å². The maximum atomic E-state index is 13.8. The van der Waals surface area contributed by atoms with E-state index in [4.69, 9.17) is 4.42 Å². The lowest BCUT2D eigenvalue weighted by molar-refractivity contribution is 0.485. The molecule has 2 heterocycles. The molecule has 0 N–H and O–H groups in total. The van der Waals surface area contributed by atoms with Crippen LogP contribution in [0.4, 0.5) is 4.39 Å². The van der Waals surface area contributed by atoms with E-state index < -0.39 is 0 Å². The Balaban J connectivity index is 1.81. The fraction of sp³-hybridized carbons (Fsp3) is 0.231. The molecule has 1 aromatic carbocycles. The molecule has 21 heavy (non-hydrogen) atoms. The molecule has 108 valence electrons. The Morgan fingerprint density at radius 2 is 2.00 bits per heavy atom. The maximum absolute atomic E-state index is 13.8. The van der Waals surface area contributed by atoms with Gasteiger partial charge in [0.05, 0.1) is 11.3 Å². The second-order valence-corrected chi connectivity index (χ2v) is 5.29. The monoisotopic (exact) mass is 305 g/mol. The number of nitrogens with zero attached hydrogens (tertiary/aromatic N) is 5. The first-order chi connectivity index (χ1) is 10.1. The number of benzene rings is 1. The van der Waals surface area contributed by atoms with E-state index in [-0.39, 0.29) is 5.82 Å². The Hall–Kier alpha value is -2.22. The van der Waals surface area contributed by atoms with Gasteiger partial charge in [0.25, 0.3) is 0 Å². The minimum absolute atomic E-state index is 0.322. The molecule has 8 heteroatoms. The number of halogens is 1. The van der Waals surface area contributed by atoms with E-state index in [9.17, 15) is 4.39 Å². The highest BCUT2D eigenvalue weighted by Crippen LogP contribution is 2.26. The zero-order chi connectivity index (χ0) is 14.8. The Kier molecular flexibility index (Phi) is 3.70. The zero-order valence-corrected chi connectivity index (χ0v) is 12.3. The van der Waals surface area contributed by atoms with E-state index in [1.165, 1.54) is 17.8 Å². The summed E-state index contributed by atoms with van der Waals surface area (Å²) in [6.07, 6.45) is 0. The van der Waals surface area contributed by atoms with Crippen molar-refractivity contribution in [2.24, 2.45) is 7.05 Å². The fourth-order valence-electron chi connectivity index (χ4n) is 1.84. The van der Waals surface area contributed by atoms with Crippen LogP contribution in [0.5, 0.6) is 0 Å². The Labute approximate surface area is 124 Å². The average molecular weight is 305 g/mol. The SMILES string of the molecule is Cc1nnc(CSc2nnc(-c3ccccc3F)n2C)o1. The molecule has 2 aromatic heterocycles. The van der Waals surface area contributed by atoms with Gasteiger partial charge in [-0.15, -0.1) is 20.4 Å². The highest BCUT2D eigenvalue weighted by Gasteiger charge is 2.15. The van der Waals surface area contributed by atoms with E-state index in [1.807, 2.05) is 0 Å². The molecular formula is C13H12FN5OS. The van der Waals surface area contributed by atoms with Crippen LogP contribution >= 0.6 is 11.8 Å². The molecule has 0 unspecified atom stereocenters. The normalized spacial score (nSPS) is 11.0. The molecule has 3 aromatic rings. The summed E-state index contributed by atoms with van der Waals surface area (Å²) in [5, 5.41) is 16.5. The van der Waals surface area contributed by atoms with Crippen LogP contribution in [0.3, 0.4) is 0 Å². The highest BCUT2D eigenvalue weighted by molar-refractivity contribution is 7.98. The van der Waals surface area contributed by atoms with Crippen molar-refractivity contribution in [2.75, 3.05) is 0 Å². The van der Waals surface area contributed by atoms with Crippen molar-refractivity contribution < 1.29 is 8.81 Å². The molecule has 0 aliphatic rings. The number of rotatable bonds is 4. The van der Waals surface area contributed by atoms with Gasteiger partial charge in [-0.1, -0.05) is 23.9 Å². The summed E-state index contributed by atoms with van der Waals surface area (Å²) in [7, 11) is 1.79. The summed E-state index contributed by atoms with van der Waals surface area (Å²) in [6, 6.07) is 6.48. The Bertz CT molecular complexity index is 770. The molecule has 6 nitrogen and oxygen atoms in total. The quantitative estimate of drug-likeness (QED) is 0.690. The van der Waals surface area contributed by atoms with Crippen molar-refractivity contribution >= 4 is 11.8 Å². The minimum atomic E-state index is -0.322. The maximum Gasteiger partial charge on any atom is 0.226 e. The van der Waals surface area contributed by atoms with Crippen molar-refractivity contribution in [2.45, 2.75) is 17.8 Å². The highest BCUT2D eigenvalue weighted by atomic mass is 32.2. The smallest absolute Gasteiger partial charge is 0.226 e. The predicted molar refractivity (Wildman–Crippen MR) is 75.0 cm³/mol. The number of hydrogen-bond acceptors (Lipinski definition) is 6. The summed E-state index contributed by atoms with van der Waals surface area (Å²) < 4.78 is 20.8. The molecule has 0 aliphatic carbocycles. The molecule has 0 spiro atoms. The third-order valence-electron chi connectivity index (χ3n) is 2.84. The number of aromatic nitrogens is 5. The lowest BCUT2D eigenvalue weighted by Gasteiger charge is -2.03.